The molecule has 3 aromatic rings. The molecule has 0 spiro atoms. The molecule has 0 saturated heterocycles. The molecule has 0 saturated carbocycles. The minimum atomic E-state index is -0.382. The Kier molecular flexibility index (Phi) is 12.0. The molecule has 2 heterocycles. The van der Waals surface area contributed by atoms with Crippen molar-refractivity contribution in [1.29, 1.82) is 0 Å². The number of aryl methyl sites for hydroxylation is 4. The normalized spacial score (nSPS) is 18.0. The number of hydrogen-bond acceptors (Lipinski definition) is 6. The van der Waals surface area contributed by atoms with Crippen molar-refractivity contribution < 1.29 is 28.4 Å². The third-order valence-electron chi connectivity index (χ3n) is 11.6. The zero-order valence-corrected chi connectivity index (χ0v) is 36.1. The van der Waals surface area contributed by atoms with Crippen molar-refractivity contribution >= 4 is 29.0 Å². The van der Waals surface area contributed by atoms with E-state index in [0.29, 0.717) is 24.2 Å². The maximum atomic E-state index is 12.3. The number of carbonyl (C=O) groups is 2. The summed E-state index contributed by atoms with van der Waals surface area (Å²) in [6.07, 6.45) is 10.5. The van der Waals surface area contributed by atoms with Gasteiger partial charge < -0.3 is 19.1 Å². The first kappa shape index (κ1) is 41.9. The number of hydrogen-bond donors (Lipinski definition) is 0. The summed E-state index contributed by atoms with van der Waals surface area (Å²) in [6.45, 7) is 29.8. The van der Waals surface area contributed by atoms with Crippen molar-refractivity contribution in [3.8, 4) is 5.75 Å². The van der Waals surface area contributed by atoms with Crippen LogP contribution < -0.4 is 9.64 Å². The number of rotatable bonds is 13. The maximum absolute atomic E-state index is 12.3. The number of benzene rings is 3. The van der Waals surface area contributed by atoms with Crippen LogP contribution >= 0.6 is 0 Å². The van der Waals surface area contributed by atoms with Gasteiger partial charge in [-0.1, -0.05) is 80.6 Å². The second kappa shape index (κ2) is 16.7. The van der Waals surface area contributed by atoms with E-state index in [1.165, 1.54) is 22.3 Å². The van der Waals surface area contributed by atoms with Crippen LogP contribution in [-0.4, -0.2) is 48.5 Å². The summed E-state index contributed by atoms with van der Waals surface area (Å²) in [5.74, 6) is 0.968. The largest absolute Gasteiger partial charge is 0.460 e. The molecule has 3 aromatic carbocycles. The lowest BCUT2D eigenvalue weighted by atomic mass is 9.80. The molecule has 0 amide bonds. The van der Waals surface area contributed by atoms with E-state index in [9.17, 15) is 9.59 Å². The van der Waals surface area contributed by atoms with Gasteiger partial charge in [0, 0.05) is 45.7 Å². The van der Waals surface area contributed by atoms with Gasteiger partial charge >= 0.3 is 11.9 Å². The standard InChI is InChI=1S/C51H59N2O5/c1-32(2)48(54)56-28-26-52-42-22-16-34(5)30-40(42)50(9,10)44(52)24-20-38-18-19-39(47(38)58-46-36(7)14-13-15-37(46)8)21-25-45-51(11,12)41-31-35(6)17-23-43(41)53(45)27-29-57-49(55)33(3)4/h13-17,20-25,30-31H,1,3,18-19,26-29H2,2,4-12H3/q+1. The summed E-state index contributed by atoms with van der Waals surface area (Å²) in [5, 5.41) is 0. The lowest BCUT2D eigenvalue weighted by Gasteiger charge is -2.27. The highest BCUT2D eigenvalue weighted by Gasteiger charge is 2.45. The highest BCUT2D eigenvalue weighted by atomic mass is 16.5. The lowest BCUT2D eigenvalue weighted by molar-refractivity contribution is -0.440. The first-order valence-electron chi connectivity index (χ1n) is 20.3. The van der Waals surface area contributed by atoms with Gasteiger partial charge in [-0.15, -0.1) is 0 Å². The highest BCUT2D eigenvalue weighted by molar-refractivity contribution is 6.03. The Morgan fingerprint density at radius 2 is 1.40 bits per heavy atom. The predicted octanol–water partition coefficient (Wildman–Crippen LogP) is 10.8. The minimum Gasteiger partial charge on any atom is -0.460 e. The molecule has 6 rings (SSSR count). The summed E-state index contributed by atoms with van der Waals surface area (Å²) >= 11 is 0. The van der Waals surface area contributed by atoms with Gasteiger partial charge in [-0.3, -0.25) is 0 Å². The van der Waals surface area contributed by atoms with Gasteiger partial charge in [0.2, 0.25) is 5.69 Å². The van der Waals surface area contributed by atoms with Crippen LogP contribution in [0.3, 0.4) is 0 Å². The molecule has 0 unspecified atom stereocenters. The molecule has 0 fully saturated rings. The smallest absolute Gasteiger partial charge is 0.333 e. The third kappa shape index (κ3) is 8.31. The Morgan fingerprint density at radius 3 is 2.05 bits per heavy atom. The Labute approximate surface area is 345 Å². The molecular weight excluding hydrogens is 721 g/mol. The predicted molar refractivity (Wildman–Crippen MR) is 235 cm³/mol. The van der Waals surface area contributed by atoms with Crippen molar-refractivity contribution in [1.82, 2.24) is 0 Å². The van der Waals surface area contributed by atoms with Crippen LogP contribution in [0.2, 0.25) is 0 Å². The Bertz CT molecular complexity index is 2340. The van der Waals surface area contributed by atoms with Gasteiger partial charge in [0.1, 0.15) is 18.1 Å². The molecule has 2 aliphatic heterocycles. The van der Waals surface area contributed by atoms with Gasteiger partial charge in [-0.25, -0.2) is 9.59 Å². The monoisotopic (exact) mass is 779 g/mol. The number of ether oxygens (including phenoxy) is 3. The molecule has 1 aliphatic carbocycles. The van der Waals surface area contributed by atoms with E-state index in [-0.39, 0.29) is 36.0 Å². The third-order valence-corrected chi connectivity index (χ3v) is 11.6. The number of esters is 2. The molecule has 0 N–H and O–H groups in total. The second-order valence-corrected chi connectivity index (χ2v) is 17.1. The highest BCUT2D eigenvalue weighted by Crippen LogP contribution is 2.48. The molecular formula is C51H59N2O5+. The quantitative estimate of drug-likeness (QED) is 0.0978. The molecule has 7 heteroatoms. The summed E-state index contributed by atoms with van der Waals surface area (Å²) in [6, 6.07) is 19.4. The number of anilines is 1. The number of fused-ring (bicyclic) bond motifs is 2. The molecule has 0 radical (unpaired) electrons. The van der Waals surface area contributed by atoms with Crippen LogP contribution in [0, 0.1) is 27.7 Å². The topological polar surface area (TPSA) is 68.1 Å². The average Bonchev–Trinajstić information content (AvgIpc) is 3.71. The summed E-state index contributed by atoms with van der Waals surface area (Å²) in [4.78, 5) is 26.9. The fraction of sp³-hybridized carbons (Fsp3) is 0.353. The number of nitrogens with zero attached hydrogens (tertiary/aromatic N) is 2. The van der Waals surface area contributed by atoms with Crippen LogP contribution in [0.4, 0.5) is 11.4 Å². The zero-order valence-electron chi connectivity index (χ0n) is 36.1. The minimum absolute atomic E-state index is 0.241. The fourth-order valence-electron chi connectivity index (χ4n) is 8.34. The molecule has 7 nitrogen and oxygen atoms in total. The first-order chi connectivity index (χ1) is 27.4. The SMILES string of the molecule is C=C(C)C(=O)OCCN1C(=CC=C2CCC(C=CC3=[N+](CCOC(=O)C(=C)C)c4ccc(C)cc4C3(C)C)=C2Oc2c(C)cccc2C)C(C)(C)c2cc(C)ccc21. The molecule has 0 aromatic heterocycles. The van der Waals surface area contributed by atoms with Gasteiger partial charge in [0.25, 0.3) is 0 Å². The summed E-state index contributed by atoms with van der Waals surface area (Å²) in [5.41, 5.74) is 13.9. The Morgan fingerprint density at radius 1 is 0.776 bits per heavy atom. The van der Waals surface area contributed by atoms with Crippen LogP contribution in [0.25, 0.3) is 0 Å². The van der Waals surface area contributed by atoms with Gasteiger partial charge in [-0.05, 0) is 120 Å². The zero-order chi connectivity index (χ0) is 42.1. The van der Waals surface area contributed by atoms with E-state index in [1.54, 1.807) is 13.8 Å². The molecule has 302 valence electrons. The van der Waals surface area contributed by atoms with Gasteiger partial charge in [-0.2, -0.15) is 4.58 Å². The fourth-order valence-corrected chi connectivity index (χ4v) is 8.34. The average molecular weight is 780 g/mol. The molecule has 3 aliphatic rings. The maximum Gasteiger partial charge on any atom is 0.333 e. The number of carbonyl (C=O) groups excluding carboxylic acids is 2. The summed E-state index contributed by atoms with van der Waals surface area (Å²) in [7, 11) is 0. The first-order valence-corrected chi connectivity index (χ1v) is 20.3. The molecule has 0 bridgehead atoms. The van der Waals surface area contributed by atoms with Crippen molar-refractivity contribution in [2.75, 3.05) is 31.2 Å². The second-order valence-electron chi connectivity index (χ2n) is 17.1. The van der Waals surface area contributed by atoms with Gasteiger partial charge in [0.05, 0.1) is 12.0 Å². The van der Waals surface area contributed by atoms with E-state index in [4.69, 9.17) is 14.2 Å². The van der Waals surface area contributed by atoms with Crippen molar-refractivity contribution in [3.05, 3.63) is 159 Å². The number of allylic oxidation sites excluding steroid dienone is 7. The van der Waals surface area contributed by atoms with E-state index in [0.717, 1.165) is 69.4 Å². The van der Waals surface area contributed by atoms with E-state index < -0.39 is 0 Å². The van der Waals surface area contributed by atoms with Crippen molar-refractivity contribution in [2.45, 2.75) is 92.9 Å². The van der Waals surface area contributed by atoms with Crippen LogP contribution in [0.5, 0.6) is 5.75 Å². The lowest BCUT2D eigenvalue weighted by Crippen LogP contribution is -2.29. The van der Waals surface area contributed by atoms with Crippen LogP contribution in [-0.2, 0) is 29.9 Å². The van der Waals surface area contributed by atoms with Crippen LogP contribution in [0.1, 0.15) is 87.8 Å². The van der Waals surface area contributed by atoms with Crippen molar-refractivity contribution in [3.63, 3.8) is 0 Å². The number of para-hydroxylation sites is 1. The van der Waals surface area contributed by atoms with E-state index in [1.807, 2.05) is 0 Å². The molecule has 58 heavy (non-hydrogen) atoms. The Hall–Kier alpha value is -5.69. The van der Waals surface area contributed by atoms with E-state index in [2.05, 4.69) is 157 Å². The summed E-state index contributed by atoms with van der Waals surface area (Å²) < 4.78 is 20.5. The molecule has 0 atom stereocenters. The van der Waals surface area contributed by atoms with Gasteiger partial charge in [0.15, 0.2) is 18.9 Å². The van der Waals surface area contributed by atoms with Crippen LogP contribution in [0.15, 0.2) is 126 Å². The Balaban J connectivity index is 1.43. The van der Waals surface area contributed by atoms with E-state index >= 15 is 0 Å². The van der Waals surface area contributed by atoms with Crippen molar-refractivity contribution in [2.24, 2.45) is 0 Å².